The molecule has 0 amide bonds. The molecule has 1 aliphatic rings. The maximum Gasteiger partial charge on any atom is 0.522 e. The summed E-state index contributed by atoms with van der Waals surface area (Å²) in [7, 11) is 4.47. The summed E-state index contributed by atoms with van der Waals surface area (Å²) in [5.74, 6) is 0. The van der Waals surface area contributed by atoms with Crippen LogP contribution < -0.4 is 0 Å². The molecular formula is C10H22N2O3Si. The summed E-state index contributed by atoms with van der Waals surface area (Å²) in [5, 5.41) is 0. The number of likely N-dealkylation sites (tertiary alicyclic amines) is 1. The molecule has 0 aliphatic carbocycles. The van der Waals surface area contributed by atoms with Crippen molar-refractivity contribution in [3.8, 4) is 0 Å². The summed E-state index contributed by atoms with van der Waals surface area (Å²) >= 11 is 0. The lowest BCUT2D eigenvalue weighted by Gasteiger charge is -2.25. The number of rotatable bonds is 5. The van der Waals surface area contributed by atoms with E-state index in [-0.39, 0.29) is 0 Å². The molecule has 0 bridgehead atoms. The van der Waals surface area contributed by atoms with Crippen molar-refractivity contribution in [3.63, 3.8) is 0 Å². The van der Waals surface area contributed by atoms with Gasteiger partial charge in [-0.15, -0.1) is 0 Å². The third-order valence-corrected chi connectivity index (χ3v) is 5.40. The summed E-state index contributed by atoms with van der Waals surface area (Å²) in [6.07, 6.45) is 2.60. The molecule has 1 saturated heterocycles. The molecule has 1 rings (SSSR count). The first-order chi connectivity index (χ1) is 7.65. The molecule has 1 heterocycles. The zero-order valence-corrected chi connectivity index (χ0v) is 11.7. The van der Waals surface area contributed by atoms with E-state index in [4.69, 9.17) is 13.3 Å². The first-order valence-corrected chi connectivity index (χ1v) is 7.45. The highest BCUT2D eigenvalue weighted by Gasteiger charge is 2.37. The largest absolute Gasteiger partial charge is 0.522 e. The second-order valence-electron chi connectivity index (χ2n) is 3.98. The average molecular weight is 246 g/mol. The molecule has 0 unspecified atom stereocenters. The summed E-state index contributed by atoms with van der Waals surface area (Å²) in [5.41, 5.74) is 1.25. The van der Waals surface area contributed by atoms with Crippen molar-refractivity contribution >= 4 is 14.5 Å². The Morgan fingerprint density at radius 3 is 2.06 bits per heavy atom. The fraction of sp³-hybridized carbons (Fsp3) is 0.900. The van der Waals surface area contributed by atoms with Gasteiger partial charge in [-0.3, -0.25) is 4.99 Å². The van der Waals surface area contributed by atoms with Gasteiger partial charge < -0.3 is 18.2 Å². The van der Waals surface area contributed by atoms with Gasteiger partial charge >= 0.3 is 8.80 Å². The molecule has 0 atom stereocenters. The third kappa shape index (κ3) is 3.64. The standard InChI is InChI=1S/C10H22N2O3Si/c1-12-7-5-10(6-8-12)11-9-16(13-2,14-3)15-4/h5-9H2,1-4H3. The second kappa shape index (κ2) is 6.46. The van der Waals surface area contributed by atoms with Crippen molar-refractivity contribution < 1.29 is 13.3 Å². The molecule has 94 valence electrons. The fourth-order valence-electron chi connectivity index (χ4n) is 1.69. The number of hydrogen-bond donors (Lipinski definition) is 0. The number of aliphatic imine (C=N–C) groups is 1. The van der Waals surface area contributed by atoms with Gasteiger partial charge in [0.1, 0.15) is 6.17 Å². The Labute approximate surface area is 98.8 Å². The Hall–Kier alpha value is -0.273. The molecule has 0 aromatic heterocycles. The van der Waals surface area contributed by atoms with E-state index in [2.05, 4.69) is 16.9 Å². The Bertz CT molecular complexity index is 226. The van der Waals surface area contributed by atoms with E-state index in [1.807, 2.05) is 0 Å². The van der Waals surface area contributed by atoms with E-state index in [1.54, 1.807) is 21.3 Å². The van der Waals surface area contributed by atoms with Gasteiger partial charge in [-0.1, -0.05) is 0 Å². The summed E-state index contributed by atoms with van der Waals surface area (Å²) < 4.78 is 16.0. The molecule has 0 saturated carbocycles. The second-order valence-corrected chi connectivity index (χ2v) is 6.89. The number of nitrogens with zero attached hydrogens (tertiary/aromatic N) is 2. The van der Waals surface area contributed by atoms with Crippen LogP contribution in [0.1, 0.15) is 12.8 Å². The minimum Gasteiger partial charge on any atom is -0.376 e. The number of hydrogen-bond acceptors (Lipinski definition) is 5. The highest BCUT2D eigenvalue weighted by atomic mass is 28.4. The van der Waals surface area contributed by atoms with Gasteiger partial charge in [0.05, 0.1) is 0 Å². The number of piperidine rings is 1. The molecule has 6 heteroatoms. The van der Waals surface area contributed by atoms with E-state index < -0.39 is 8.80 Å². The minimum absolute atomic E-state index is 0.523. The van der Waals surface area contributed by atoms with Crippen LogP contribution in [0.5, 0.6) is 0 Å². The highest BCUT2D eigenvalue weighted by Crippen LogP contribution is 2.10. The fourth-order valence-corrected chi connectivity index (χ4v) is 2.99. The van der Waals surface area contributed by atoms with Crippen LogP contribution in [0.15, 0.2) is 4.99 Å². The Morgan fingerprint density at radius 2 is 1.62 bits per heavy atom. The average Bonchev–Trinajstić information content (AvgIpc) is 2.34. The molecule has 0 radical (unpaired) electrons. The monoisotopic (exact) mass is 246 g/mol. The lowest BCUT2D eigenvalue weighted by Crippen LogP contribution is -2.47. The molecular weight excluding hydrogens is 224 g/mol. The maximum absolute atomic E-state index is 5.33. The summed E-state index contributed by atoms with van der Waals surface area (Å²) in [4.78, 5) is 6.89. The van der Waals surface area contributed by atoms with Crippen LogP contribution in [0, 0.1) is 0 Å². The zero-order chi connectivity index (χ0) is 12.0. The van der Waals surface area contributed by atoms with Crippen LogP contribution in [-0.2, 0) is 13.3 Å². The quantitative estimate of drug-likeness (QED) is 0.665. The van der Waals surface area contributed by atoms with Crippen LogP contribution in [0.3, 0.4) is 0 Å². The Kier molecular flexibility index (Phi) is 5.57. The van der Waals surface area contributed by atoms with E-state index in [0.29, 0.717) is 6.17 Å². The van der Waals surface area contributed by atoms with Crippen molar-refractivity contribution in [1.82, 2.24) is 4.90 Å². The van der Waals surface area contributed by atoms with E-state index in [9.17, 15) is 0 Å². The zero-order valence-electron chi connectivity index (χ0n) is 10.7. The van der Waals surface area contributed by atoms with E-state index in [0.717, 1.165) is 25.9 Å². The van der Waals surface area contributed by atoms with Crippen LogP contribution in [0.4, 0.5) is 0 Å². The lowest BCUT2D eigenvalue weighted by molar-refractivity contribution is 0.125. The van der Waals surface area contributed by atoms with Crippen LogP contribution >= 0.6 is 0 Å². The van der Waals surface area contributed by atoms with Gasteiger partial charge in [-0.25, -0.2) is 0 Å². The summed E-state index contributed by atoms with van der Waals surface area (Å²) in [6, 6.07) is 0. The molecule has 0 aromatic rings. The SMILES string of the molecule is CO[Si](CN=C1CCN(C)CC1)(OC)OC. The normalized spacial score (nSPS) is 18.9. The van der Waals surface area contributed by atoms with E-state index in [1.165, 1.54) is 5.71 Å². The predicted molar refractivity (Wildman–Crippen MR) is 65.8 cm³/mol. The van der Waals surface area contributed by atoms with Crippen molar-refractivity contribution in [1.29, 1.82) is 0 Å². The van der Waals surface area contributed by atoms with Crippen LogP contribution in [-0.4, -0.2) is 67.1 Å². The molecule has 1 aliphatic heterocycles. The minimum atomic E-state index is -2.52. The molecule has 0 aromatic carbocycles. The van der Waals surface area contributed by atoms with Gasteiger partial charge in [0, 0.05) is 40.1 Å². The van der Waals surface area contributed by atoms with Crippen LogP contribution in [0.2, 0.25) is 0 Å². The molecule has 5 nitrogen and oxygen atoms in total. The van der Waals surface area contributed by atoms with E-state index >= 15 is 0 Å². The Morgan fingerprint density at radius 1 is 1.12 bits per heavy atom. The van der Waals surface area contributed by atoms with Crippen molar-refractivity contribution in [2.45, 2.75) is 12.8 Å². The van der Waals surface area contributed by atoms with Gasteiger partial charge in [-0.05, 0) is 19.9 Å². The van der Waals surface area contributed by atoms with Crippen molar-refractivity contribution in [2.75, 3.05) is 47.6 Å². The third-order valence-electron chi connectivity index (χ3n) is 2.99. The van der Waals surface area contributed by atoms with Crippen molar-refractivity contribution in [2.24, 2.45) is 4.99 Å². The topological polar surface area (TPSA) is 43.3 Å². The molecule has 0 N–H and O–H groups in total. The van der Waals surface area contributed by atoms with Crippen LogP contribution in [0.25, 0.3) is 0 Å². The molecule has 0 spiro atoms. The lowest BCUT2D eigenvalue weighted by atomic mass is 10.1. The van der Waals surface area contributed by atoms with Crippen molar-refractivity contribution in [3.05, 3.63) is 0 Å². The molecule has 1 fully saturated rings. The maximum atomic E-state index is 5.33. The smallest absolute Gasteiger partial charge is 0.376 e. The molecule has 16 heavy (non-hydrogen) atoms. The highest BCUT2D eigenvalue weighted by molar-refractivity contribution is 6.61. The van der Waals surface area contributed by atoms with Gasteiger partial charge in [0.2, 0.25) is 0 Å². The Balaban J connectivity index is 2.50. The first-order valence-electron chi connectivity index (χ1n) is 5.52. The first kappa shape index (κ1) is 13.8. The van der Waals surface area contributed by atoms with Gasteiger partial charge in [0.25, 0.3) is 0 Å². The van der Waals surface area contributed by atoms with Gasteiger partial charge in [0.15, 0.2) is 0 Å². The summed E-state index contributed by atoms with van der Waals surface area (Å²) in [6.45, 7) is 2.17. The predicted octanol–water partition coefficient (Wildman–Crippen LogP) is 0.570. The van der Waals surface area contributed by atoms with Gasteiger partial charge in [-0.2, -0.15) is 0 Å².